The monoisotopic (exact) mass is 263 g/mol. The van der Waals surface area contributed by atoms with Crippen molar-refractivity contribution in [2.45, 2.75) is 18.9 Å². The molecule has 2 N–H and O–H groups in total. The van der Waals surface area contributed by atoms with Crippen LogP contribution in [0.3, 0.4) is 0 Å². The number of piperazine rings is 1. The molecular formula is C13H21N5O. The van der Waals surface area contributed by atoms with Gasteiger partial charge in [-0.05, 0) is 12.8 Å². The van der Waals surface area contributed by atoms with Gasteiger partial charge in [0.05, 0.1) is 0 Å². The third kappa shape index (κ3) is 3.33. The van der Waals surface area contributed by atoms with Crippen molar-refractivity contribution in [3.8, 4) is 0 Å². The maximum Gasteiger partial charge on any atom is 0.134 e. The molecule has 3 heterocycles. The summed E-state index contributed by atoms with van der Waals surface area (Å²) in [6.45, 7) is 5.74. The average molecular weight is 263 g/mol. The van der Waals surface area contributed by atoms with E-state index in [0.29, 0.717) is 6.04 Å². The summed E-state index contributed by atoms with van der Waals surface area (Å²) in [5.41, 5.74) is 0. The highest BCUT2D eigenvalue weighted by molar-refractivity contribution is 5.49. The van der Waals surface area contributed by atoms with E-state index in [2.05, 4.69) is 31.6 Å². The predicted octanol–water partition coefficient (Wildman–Crippen LogP) is 0.477. The van der Waals surface area contributed by atoms with E-state index in [1.165, 1.54) is 0 Å². The Morgan fingerprint density at radius 1 is 1.21 bits per heavy atom. The van der Waals surface area contributed by atoms with E-state index in [4.69, 9.17) is 4.74 Å². The lowest BCUT2D eigenvalue weighted by atomic mass is 10.1. The van der Waals surface area contributed by atoms with Crippen molar-refractivity contribution in [2.75, 3.05) is 49.6 Å². The molecule has 3 rings (SSSR count). The van der Waals surface area contributed by atoms with Crippen molar-refractivity contribution in [1.29, 1.82) is 0 Å². The molecule has 1 aromatic heterocycles. The first-order valence-electron chi connectivity index (χ1n) is 7.04. The molecule has 2 aliphatic heterocycles. The van der Waals surface area contributed by atoms with E-state index in [0.717, 1.165) is 63.9 Å². The number of rotatable bonds is 3. The van der Waals surface area contributed by atoms with Crippen LogP contribution in [0.2, 0.25) is 0 Å². The van der Waals surface area contributed by atoms with Crippen molar-refractivity contribution in [2.24, 2.45) is 0 Å². The van der Waals surface area contributed by atoms with Crippen molar-refractivity contribution >= 4 is 11.6 Å². The molecule has 6 nitrogen and oxygen atoms in total. The third-order valence-electron chi connectivity index (χ3n) is 3.67. The second-order valence-corrected chi connectivity index (χ2v) is 5.03. The first kappa shape index (κ1) is 12.6. The topological polar surface area (TPSA) is 62.3 Å². The fraction of sp³-hybridized carbons (Fsp3) is 0.692. The highest BCUT2D eigenvalue weighted by Crippen LogP contribution is 2.17. The van der Waals surface area contributed by atoms with Crippen LogP contribution < -0.4 is 15.5 Å². The molecule has 0 unspecified atom stereocenters. The molecule has 0 aliphatic carbocycles. The maximum absolute atomic E-state index is 5.37. The number of anilines is 2. The Bertz CT molecular complexity index is 402. The molecule has 1 aromatic rings. The Morgan fingerprint density at radius 3 is 2.79 bits per heavy atom. The summed E-state index contributed by atoms with van der Waals surface area (Å²) < 4.78 is 5.37. The fourth-order valence-electron chi connectivity index (χ4n) is 2.54. The molecule has 0 atom stereocenters. The fourth-order valence-corrected chi connectivity index (χ4v) is 2.54. The van der Waals surface area contributed by atoms with Crippen LogP contribution in [-0.4, -0.2) is 55.4 Å². The molecule has 6 heteroatoms. The molecular weight excluding hydrogens is 242 g/mol. The van der Waals surface area contributed by atoms with Crippen LogP contribution in [0.15, 0.2) is 12.4 Å². The molecule has 0 radical (unpaired) electrons. The van der Waals surface area contributed by atoms with Crippen LogP contribution in [0, 0.1) is 0 Å². The Labute approximate surface area is 113 Å². The van der Waals surface area contributed by atoms with Gasteiger partial charge >= 0.3 is 0 Å². The zero-order chi connectivity index (χ0) is 12.9. The van der Waals surface area contributed by atoms with Crippen molar-refractivity contribution in [1.82, 2.24) is 15.3 Å². The summed E-state index contributed by atoms with van der Waals surface area (Å²) in [5.74, 6) is 1.95. The summed E-state index contributed by atoms with van der Waals surface area (Å²) in [7, 11) is 0. The van der Waals surface area contributed by atoms with Gasteiger partial charge in [-0.15, -0.1) is 0 Å². The number of hydrogen-bond acceptors (Lipinski definition) is 6. The molecule has 19 heavy (non-hydrogen) atoms. The number of nitrogens with one attached hydrogen (secondary N) is 2. The van der Waals surface area contributed by atoms with Crippen LogP contribution in [0.5, 0.6) is 0 Å². The maximum atomic E-state index is 5.37. The first-order chi connectivity index (χ1) is 9.42. The van der Waals surface area contributed by atoms with Gasteiger partial charge in [-0.3, -0.25) is 0 Å². The smallest absolute Gasteiger partial charge is 0.134 e. The lowest BCUT2D eigenvalue weighted by Crippen LogP contribution is -2.43. The van der Waals surface area contributed by atoms with Crippen LogP contribution in [0.1, 0.15) is 12.8 Å². The largest absolute Gasteiger partial charge is 0.381 e. The second-order valence-electron chi connectivity index (χ2n) is 5.03. The van der Waals surface area contributed by atoms with Gasteiger partial charge in [-0.25, -0.2) is 9.97 Å². The molecule has 0 spiro atoms. The van der Waals surface area contributed by atoms with E-state index >= 15 is 0 Å². The zero-order valence-electron chi connectivity index (χ0n) is 11.1. The second kappa shape index (κ2) is 6.16. The summed E-state index contributed by atoms with van der Waals surface area (Å²) in [4.78, 5) is 11.0. The number of aromatic nitrogens is 2. The van der Waals surface area contributed by atoms with Gasteiger partial charge in [0.25, 0.3) is 0 Å². The van der Waals surface area contributed by atoms with E-state index in [1.807, 2.05) is 0 Å². The minimum absolute atomic E-state index is 0.472. The lowest BCUT2D eigenvalue weighted by Gasteiger charge is -2.29. The molecule has 2 saturated heterocycles. The van der Waals surface area contributed by atoms with Gasteiger partial charge in [-0.2, -0.15) is 0 Å². The molecule has 0 saturated carbocycles. The van der Waals surface area contributed by atoms with Crippen molar-refractivity contribution in [3.63, 3.8) is 0 Å². The molecule has 2 aliphatic rings. The summed E-state index contributed by atoms with van der Waals surface area (Å²) >= 11 is 0. The molecule has 0 amide bonds. The van der Waals surface area contributed by atoms with Gasteiger partial charge in [0.15, 0.2) is 0 Å². The van der Waals surface area contributed by atoms with Crippen LogP contribution in [0.4, 0.5) is 11.6 Å². The highest BCUT2D eigenvalue weighted by Gasteiger charge is 2.16. The van der Waals surface area contributed by atoms with Crippen molar-refractivity contribution in [3.05, 3.63) is 12.4 Å². The lowest BCUT2D eigenvalue weighted by molar-refractivity contribution is 0.0904. The van der Waals surface area contributed by atoms with E-state index in [9.17, 15) is 0 Å². The molecule has 0 bridgehead atoms. The first-order valence-corrected chi connectivity index (χ1v) is 7.04. The molecule has 2 fully saturated rings. The standard InChI is InChI=1S/C13H21N5O/c1-7-19-8-2-11(1)17-12-9-13(16-10-15-12)18-5-3-14-4-6-18/h9-11,14H,1-8H2,(H,15,16,17). The van der Waals surface area contributed by atoms with Gasteiger partial charge in [0, 0.05) is 51.5 Å². The summed E-state index contributed by atoms with van der Waals surface area (Å²) in [5, 5.41) is 6.84. The Hall–Kier alpha value is -1.40. The van der Waals surface area contributed by atoms with Gasteiger partial charge in [0.2, 0.25) is 0 Å². The van der Waals surface area contributed by atoms with Crippen LogP contribution in [0.25, 0.3) is 0 Å². The SMILES string of the molecule is c1nc(NC2CCOCC2)cc(N2CCNCC2)n1. The van der Waals surface area contributed by atoms with Gasteiger partial charge in [-0.1, -0.05) is 0 Å². The Kier molecular flexibility index (Phi) is 4.10. The minimum Gasteiger partial charge on any atom is -0.381 e. The normalized spacial score (nSPS) is 21.4. The quantitative estimate of drug-likeness (QED) is 0.827. The Morgan fingerprint density at radius 2 is 2.00 bits per heavy atom. The summed E-state index contributed by atoms with van der Waals surface area (Å²) in [6.07, 6.45) is 3.75. The van der Waals surface area contributed by atoms with E-state index in [1.54, 1.807) is 6.33 Å². The third-order valence-corrected chi connectivity index (χ3v) is 3.67. The highest BCUT2D eigenvalue weighted by atomic mass is 16.5. The van der Waals surface area contributed by atoms with Gasteiger partial charge < -0.3 is 20.3 Å². The van der Waals surface area contributed by atoms with Crippen LogP contribution >= 0.6 is 0 Å². The van der Waals surface area contributed by atoms with E-state index in [-0.39, 0.29) is 0 Å². The van der Waals surface area contributed by atoms with Crippen LogP contribution in [-0.2, 0) is 4.74 Å². The average Bonchev–Trinajstić information content (AvgIpc) is 2.49. The molecule has 104 valence electrons. The van der Waals surface area contributed by atoms with Crippen molar-refractivity contribution < 1.29 is 4.74 Å². The number of ether oxygens (including phenoxy) is 1. The Balaban J connectivity index is 1.64. The summed E-state index contributed by atoms with van der Waals surface area (Å²) in [6, 6.07) is 2.53. The predicted molar refractivity (Wildman–Crippen MR) is 74.6 cm³/mol. The number of hydrogen-bond donors (Lipinski definition) is 2. The zero-order valence-corrected chi connectivity index (χ0v) is 11.1. The minimum atomic E-state index is 0.472. The molecule has 0 aromatic carbocycles. The van der Waals surface area contributed by atoms with Gasteiger partial charge in [0.1, 0.15) is 18.0 Å². The number of nitrogens with zero attached hydrogens (tertiary/aromatic N) is 3. The van der Waals surface area contributed by atoms with E-state index < -0.39 is 0 Å².